The number of nitrogens with zero attached hydrogens (tertiary/aromatic N) is 1. The van der Waals surface area contributed by atoms with Gasteiger partial charge >= 0.3 is 0 Å². The van der Waals surface area contributed by atoms with Gasteiger partial charge in [-0.25, -0.2) is 0 Å². The van der Waals surface area contributed by atoms with Gasteiger partial charge in [-0.2, -0.15) is 0 Å². The quantitative estimate of drug-likeness (QED) is 0.552. The summed E-state index contributed by atoms with van der Waals surface area (Å²) in [6.45, 7) is 7.84. The van der Waals surface area contributed by atoms with Crippen molar-refractivity contribution >= 4 is 0 Å². The van der Waals surface area contributed by atoms with Crippen LogP contribution in [0.25, 0.3) is 0 Å². The fourth-order valence-electron chi connectivity index (χ4n) is 4.69. The molecule has 2 aliphatic carbocycles. The summed E-state index contributed by atoms with van der Waals surface area (Å²) < 4.78 is 0. The van der Waals surface area contributed by atoms with Gasteiger partial charge in [-0.3, -0.25) is 0 Å². The smallest absolute Gasteiger partial charge is 0.00125 e. The van der Waals surface area contributed by atoms with Crippen LogP contribution in [0.1, 0.15) is 33.1 Å². The van der Waals surface area contributed by atoms with Crippen molar-refractivity contribution in [1.82, 2.24) is 4.90 Å². The Hall–Kier alpha value is -0.0400. The lowest BCUT2D eigenvalue weighted by Crippen LogP contribution is -2.62. The zero-order chi connectivity index (χ0) is 9.27. The minimum atomic E-state index is 0.722. The third kappa shape index (κ3) is 0.743. The Morgan fingerprint density at radius 1 is 1.15 bits per heavy atom. The van der Waals surface area contributed by atoms with E-state index in [1.807, 2.05) is 0 Å². The van der Waals surface area contributed by atoms with Crippen LogP contribution >= 0.6 is 0 Å². The van der Waals surface area contributed by atoms with Gasteiger partial charge < -0.3 is 4.90 Å². The van der Waals surface area contributed by atoms with E-state index in [9.17, 15) is 0 Å². The molecule has 0 amide bonds. The Bertz CT molecular complexity index is 250. The maximum atomic E-state index is 2.58. The van der Waals surface area contributed by atoms with Crippen molar-refractivity contribution in [3.8, 4) is 0 Å². The van der Waals surface area contributed by atoms with Crippen molar-refractivity contribution in [1.29, 1.82) is 0 Å². The molecule has 1 saturated heterocycles. The SMILES string of the molecule is CN1CC2CCC3(C)CC(C1)C23C. The van der Waals surface area contributed by atoms with E-state index in [2.05, 4.69) is 25.8 Å². The van der Waals surface area contributed by atoms with Crippen LogP contribution in [-0.4, -0.2) is 25.0 Å². The average molecular weight is 179 g/mol. The third-order valence-corrected chi connectivity index (χ3v) is 5.80. The van der Waals surface area contributed by atoms with Gasteiger partial charge in [0.15, 0.2) is 0 Å². The first-order valence-corrected chi connectivity index (χ1v) is 5.75. The van der Waals surface area contributed by atoms with Gasteiger partial charge in [-0.15, -0.1) is 0 Å². The summed E-state index contributed by atoms with van der Waals surface area (Å²) in [5, 5.41) is 0. The summed E-state index contributed by atoms with van der Waals surface area (Å²) in [6, 6.07) is 0. The van der Waals surface area contributed by atoms with E-state index >= 15 is 0 Å². The van der Waals surface area contributed by atoms with Gasteiger partial charge in [0.2, 0.25) is 0 Å². The van der Waals surface area contributed by atoms with Gasteiger partial charge in [0.1, 0.15) is 0 Å². The van der Waals surface area contributed by atoms with Gasteiger partial charge in [0.05, 0.1) is 0 Å². The molecule has 13 heavy (non-hydrogen) atoms. The fourth-order valence-corrected chi connectivity index (χ4v) is 4.69. The van der Waals surface area contributed by atoms with E-state index in [0.717, 1.165) is 22.7 Å². The summed E-state index contributed by atoms with van der Waals surface area (Å²) in [5.41, 5.74) is 1.45. The normalized spacial score (nSPS) is 60.2. The van der Waals surface area contributed by atoms with E-state index in [-0.39, 0.29) is 0 Å². The second-order valence-electron chi connectivity index (χ2n) is 6.20. The predicted octanol–water partition coefficient (Wildman–Crippen LogP) is 2.37. The highest BCUT2D eigenvalue weighted by molar-refractivity contribution is 5.17. The number of likely N-dealkylation sites (tertiary alicyclic amines) is 1. The summed E-state index contributed by atoms with van der Waals surface area (Å²) in [4.78, 5) is 2.56. The van der Waals surface area contributed by atoms with E-state index in [1.165, 1.54) is 32.4 Å². The van der Waals surface area contributed by atoms with Crippen LogP contribution < -0.4 is 0 Å². The molecule has 1 heteroatoms. The first-order valence-electron chi connectivity index (χ1n) is 5.75. The fraction of sp³-hybridized carbons (Fsp3) is 1.00. The van der Waals surface area contributed by atoms with Crippen molar-refractivity contribution in [2.75, 3.05) is 20.1 Å². The molecule has 0 spiro atoms. The topological polar surface area (TPSA) is 3.24 Å². The summed E-state index contributed by atoms with van der Waals surface area (Å²) >= 11 is 0. The molecule has 74 valence electrons. The number of rotatable bonds is 0. The molecule has 4 unspecified atom stereocenters. The van der Waals surface area contributed by atoms with Crippen LogP contribution in [0.2, 0.25) is 0 Å². The molecule has 3 aliphatic rings. The molecule has 0 aromatic heterocycles. The van der Waals surface area contributed by atoms with Crippen LogP contribution in [0, 0.1) is 22.7 Å². The zero-order valence-corrected chi connectivity index (χ0v) is 9.14. The maximum absolute atomic E-state index is 2.58. The second kappa shape index (κ2) is 2.13. The molecule has 4 atom stereocenters. The lowest BCUT2D eigenvalue weighted by atomic mass is 9.43. The van der Waals surface area contributed by atoms with Gasteiger partial charge in [-0.05, 0) is 49.0 Å². The molecule has 3 fully saturated rings. The molecular formula is C12H21N. The highest BCUT2D eigenvalue weighted by atomic mass is 15.1. The van der Waals surface area contributed by atoms with Crippen molar-refractivity contribution < 1.29 is 0 Å². The standard InChI is InChI=1S/C12H21N/c1-11-5-4-9-7-13(3)8-10(6-11)12(9,11)2/h9-10H,4-8H2,1-3H3. The molecule has 0 aromatic carbocycles. The van der Waals surface area contributed by atoms with Gasteiger partial charge in [-0.1, -0.05) is 13.8 Å². The average Bonchev–Trinajstić information content (AvgIpc) is 2.30. The Balaban J connectivity index is 1.96. The number of hydrogen-bond donors (Lipinski definition) is 0. The molecule has 0 bridgehead atoms. The van der Waals surface area contributed by atoms with Crippen LogP contribution in [0.4, 0.5) is 0 Å². The van der Waals surface area contributed by atoms with Crippen molar-refractivity contribution in [2.24, 2.45) is 22.7 Å². The molecule has 1 aliphatic heterocycles. The molecule has 3 rings (SSSR count). The lowest BCUT2D eigenvalue weighted by molar-refractivity contribution is -0.158. The van der Waals surface area contributed by atoms with E-state index < -0.39 is 0 Å². The van der Waals surface area contributed by atoms with Crippen LogP contribution in [0.5, 0.6) is 0 Å². The Morgan fingerprint density at radius 2 is 1.85 bits per heavy atom. The van der Waals surface area contributed by atoms with E-state index in [1.54, 1.807) is 0 Å². The monoisotopic (exact) mass is 179 g/mol. The minimum Gasteiger partial charge on any atom is -0.306 e. The maximum Gasteiger partial charge on any atom is 0.00125 e. The second-order valence-corrected chi connectivity index (χ2v) is 6.20. The first kappa shape index (κ1) is 8.28. The first-order chi connectivity index (χ1) is 6.06. The van der Waals surface area contributed by atoms with Gasteiger partial charge in [0, 0.05) is 13.1 Å². The molecule has 0 N–H and O–H groups in total. The van der Waals surface area contributed by atoms with Crippen molar-refractivity contribution in [2.45, 2.75) is 33.1 Å². The van der Waals surface area contributed by atoms with E-state index in [4.69, 9.17) is 0 Å². The van der Waals surface area contributed by atoms with E-state index in [0.29, 0.717) is 0 Å². The largest absolute Gasteiger partial charge is 0.306 e. The zero-order valence-electron chi connectivity index (χ0n) is 9.14. The summed E-state index contributed by atoms with van der Waals surface area (Å²) in [7, 11) is 2.30. The van der Waals surface area contributed by atoms with Crippen molar-refractivity contribution in [3.05, 3.63) is 0 Å². The highest BCUT2D eigenvalue weighted by Gasteiger charge is 2.67. The predicted molar refractivity (Wildman–Crippen MR) is 54.5 cm³/mol. The molecule has 0 aromatic rings. The van der Waals surface area contributed by atoms with Crippen LogP contribution in [-0.2, 0) is 0 Å². The Kier molecular flexibility index (Phi) is 1.36. The number of hydrogen-bond acceptors (Lipinski definition) is 1. The highest BCUT2D eigenvalue weighted by Crippen LogP contribution is 2.72. The molecule has 2 saturated carbocycles. The number of piperidine rings is 1. The van der Waals surface area contributed by atoms with Gasteiger partial charge in [0.25, 0.3) is 0 Å². The summed E-state index contributed by atoms with van der Waals surface area (Å²) in [5.74, 6) is 2.03. The van der Waals surface area contributed by atoms with Crippen LogP contribution in [0.15, 0.2) is 0 Å². The van der Waals surface area contributed by atoms with Crippen LogP contribution in [0.3, 0.4) is 0 Å². The third-order valence-electron chi connectivity index (χ3n) is 5.80. The molecule has 1 nitrogen and oxygen atoms in total. The lowest BCUT2D eigenvalue weighted by Gasteiger charge is -2.64. The molecule has 0 radical (unpaired) electrons. The Labute approximate surface area is 81.5 Å². The molecular weight excluding hydrogens is 158 g/mol. The Morgan fingerprint density at radius 3 is 2.62 bits per heavy atom. The molecule has 1 heterocycles. The van der Waals surface area contributed by atoms with Crippen molar-refractivity contribution in [3.63, 3.8) is 0 Å². The minimum absolute atomic E-state index is 0.722. The summed E-state index contributed by atoms with van der Waals surface area (Å²) in [6.07, 6.45) is 4.50.